The average molecular weight is 467 g/mol. The number of rotatable bonds is 5. The van der Waals surface area contributed by atoms with Crippen molar-refractivity contribution in [3.8, 4) is 16.9 Å². The Bertz CT molecular complexity index is 1080. The molecule has 0 unspecified atom stereocenters. The molecule has 1 aliphatic carbocycles. The third-order valence-corrected chi connectivity index (χ3v) is 7.57. The molecule has 3 heterocycles. The first-order chi connectivity index (χ1) is 16.2. The molecule has 2 bridgehead atoms. The fourth-order valence-electron chi connectivity index (χ4n) is 5.91. The molecule has 3 saturated heterocycles. The molecule has 1 amide bonds. The molecule has 3 aliphatic heterocycles. The van der Waals surface area contributed by atoms with E-state index in [2.05, 4.69) is 36.2 Å². The Kier molecular flexibility index (Phi) is 6.05. The van der Waals surface area contributed by atoms with Gasteiger partial charge in [-0.05, 0) is 91.9 Å². The van der Waals surface area contributed by atoms with Crippen molar-refractivity contribution in [2.24, 2.45) is 11.3 Å². The van der Waals surface area contributed by atoms with Crippen LogP contribution in [0.25, 0.3) is 11.1 Å². The van der Waals surface area contributed by atoms with Gasteiger partial charge in [-0.2, -0.15) is 0 Å². The van der Waals surface area contributed by atoms with Crippen LogP contribution in [0.3, 0.4) is 0 Å². The Labute approximate surface area is 201 Å². The van der Waals surface area contributed by atoms with Crippen LogP contribution in [0, 0.1) is 17.2 Å². The second-order valence-electron chi connectivity index (χ2n) is 11.1. The zero-order valence-electron chi connectivity index (χ0n) is 20.6. The van der Waals surface area contributed by atoms with E-state index in [-0.39, 0.29) is 35.6 Å². The van der Waals surface area contributed by atoms with E-state index in [0.29, 0.717) is 11.7 Å². The van der Waals surface area contributed by atoms with Crippen LogP contribution in [0.2, 0.25) is 0 Å². The molecule has 4 aliphatic rings. The van der Waals surface area contributed by atoms with E-state index in [4.69, 9.17) is 9.47 Å². The number of carbonyl (C=O) groups is 1. The number of ether oxygens (including phenoxy) is 2. The summed E-state index contributed by atoms with van der Waals surface area (Å²) in [7, 11) is 0. The summed E-state index contributed by atoms with van der Waals surface area (Å²) in [6.07, 6.45) is 2.69. The summed E-state index contributed by atoms with van der Waals surface area (Å²) in [6, 6.07) is 10.9. The van der Waals surface area contributed by atoms with E-state index in [9.17, 15) is 9.18 Å². The molecule has 0 aromatic heterocycles. The molecule has 6 heteroatoms. The second-order valence-corrected chi connectivity index (χ2v) is 11.1. The summed E-state index contributed by atoms with van der Waals surface area (Å²) in [5.74, 6) is 0.697. The molecule has 0 saturated carbocycles. The van der Waals surface area contributed by atoms with E-state index in [1.54, 1.807) is 0 Å². The second kappa shape index (κ2) is 8.88. The average Bonchev–Trinajstić information content (AvgIpc) is 3.02. The zero-order valence-corrected chi connectivity index (χ0v) is 20.6. The topological polar surface area (TPSA) is 50.8 Å². The first-order valence-electron chi connectivity index (χ1n) is 12.5. The molecule has 5 nitrogen and oxygen atoms in total. The van der Waals surface area contributed by atoms with E-state index >= 15 is 0 Å². The van der Waals surface area contributed by atoms with Crippen LogP contribution in [-0.4, -0.2) is 42.8 Å². The number of benzene rings is 2. The van der Waals surface area contributed by atoms with Crippen LogP contribution in [0.1, 0.15) is 57.7 Å². The molecule has 34 heavy (non-hydrogen) atoms. The number of piperidine rings is 3. The highest BCUT2D eigenvalue weighted by Gasteiger charge is 2.42. The van der Waals surface area contributed by atoms with Crippen LogP contribution in [0.15, 0.2) is 36.4 Å². The molecule has 6 rings (SSSR count). The van der Waals surface area contributed by atoms with Gasteiger partial charge in [0.25, 0.3) is 0 Å². The van der Waals surface area contributed by atoms with Crippen molar-refractivity contribution in [3.05, 3.63) is 53.3 Å². The Morgan fingerprint density at radius 1 is 1.12 bits per heavy atom. The number of fused-ring (bicyclic) bond motifs is 4. The summed E-state index contributed by atoms with van der Waals surface area (Å²) in [4.78, 5) is 15.3. The van der Waals surface area contributed by atoms with Crippen LogP contribution in [-0.2, 0) is 11.2 Å². The van der Waals surface area contributed by atoms with Gasteiger partial charge in [0.2, 0.25) is 0 Å². The Morgan fingerprint density at radius 3 is 2.56 bits per heavy atom. The van der Waals surface area contributed by atoms with Gasteiger partial charge in [0.1, 0.15) is 17.7 Å². The number of halogens is 1. The molecule has 2 aromatic rings. The molecule has 182 valence electrons. The van der Waals surface area contributed by atoms with Crippen molar-refractivity contribution in [3.63, 3.8) is 0 Å². The van der Waals surface area contributed by atoms with E-state index in [1.165, 1.54) is 17.7 Å². The van der Waals surface area contributed by atoms with E-state index in [0.717, 1.165) is 55.6 Å². The molecule has 0 spiro atoms. The highest BCUT2D eigenvalue weighted by Crippen LogP contribution is 2.46. The summed E-state index contributed by atoms with van der Waals surface area (Å²) in [5.41, 5.74) is 3.86. The standard InChI is InChI=1S/C28H35FN2O3/c1-17(2)33-23-13-20(12-22(29)14-23)19-5-6-24-21(11-19)15-28(3,4)26(24)30-27(32)34-25-16-31-9-7-18(25)8-10-31/h5-6,11-14,17-18,25-26H,7-10,15-16H2,1-4H3,(H,30,32)/t25-,26+/m1/s1. The fourth-order valence-corrected chi connectivity index (χ4v) is 5.91. The summed E-state index contributed by atoms with van der Waals surface area (Å²) in [5, 5.41) is 3.17. The van der Waals surface area contributed by atoms with Crippen molar-refractivity contribution in [2.45, 2.75) is 65.2 Å². The number of amides is 1. The number of nitrogens with one attached hydrogen (secondary N) is 1. The summed E-state index contributed by atoms with van der Waals surface area (Å²) < 4.78 is 25.9. The maximum absolute atomic E-state index is 14.3. The molecule has 3 fully saturated rings. The van der Waals surface area contributed by atoms with Gasteiger partial charge in [0.15, 0.2) is 0 Å². The predicted octanol–water partition coefficient (Wildman–Crippen LogP) is 5.72. The lowest BCUT2D eigenvalue weighted by Crippen LogP contribution is -2.53. The Hall–Kier alpha value is -2.60. The van der Waals surface area contributed by atoms with Gasteiger partial charge in [0.05, 0.1) is 12.1 Å². The van der Waals surface area contributed by atoms with Gasteiger partial charge in [-0.25, -0.2) is 9.18 Å². The highest BCUT2D eigenvalue weighted by atomic mass is 19.1. The van der Waals surface area contributed by atoms with Gasteiger partial charge in [-0.3, -0.25) is 4.90 Å². The molecule has 2 atom stereocenters. The number of hydrogen-bond acceptors (Lipinski definition) is 4. The van der Waals surface area contributed by atoms with Crippen molar-refractivity contribution >= 4 is 6.09 Å². The summed E-state index contributed by atoms with van der Waals surface area (Å²) >= 11 is 0. The number of nitrogens with zero attached hydrogens (tertiary/aromatic N) is 1. The van der Waals surface area contributed by atoms with Gasteiger partial charge in [-0.1, -0.05) is 32.0 Å². The van der Waals surface area contributed by atoms with Gasteiger partial charge < -0.3 is 14.8 Å². The van der Waals surface area contributed by atoms with Crippen molar-refractivity contribution in [2.75, 3.05) is 19.6 Å². The van der Waals surface area contributed by atoms with E-state index in [1.807, 2.05) is 26.0 Å². The Morgan fingerprint density at radius 2 is 1.88 bits per heavy atom. The number of alkyl carbamates (subject to hydrolysis) is 1. The normalized spacial score (nSPS) is 26.9. The quantitative estimate of drug-likeness (QED) is 0.612. The first-order valence-corrected chi connectivity index (χ1v) is 12.5. The largest absolute Gasteiger partial charge is 0.491 e. The lowest BCUT2D eigenvalue weighted by molar-refractivity contribution is -0.0348. The van der Waals surface area contributed by atoms with Crippen LogP contribution < -0.4 is 10.1 Å². The SMILES string of the molecule is CC(C)Oc1cc(F)cc(-c2ccc3c(c2)CC(C)(C)[C@H]3NC(=O)O[C@@H]2CN3CCC2CC3)c1. The first kappa shape index (κ1) is 23.2. The van der Waals surface area contributed by atoms with Gasteiger partial charge in [-0.15, -0.1) is 0 Å². The van der Waals surface area contributed by atoms with Gasteiger partial charge in [0, 0.05) is 12.6 Å². The molecule has 1 N–H and O–H groups in total. The van der Waals surface area contributed by atoms with Crippen molar-refractivity contribution in [1.82, 2.24) is 10.2 Å². The number of carbonyl (C=O) groups excluding carboxylic acids is 1. The van der Waals surface area contributed by atoms with Crippen LogP contribution >= 0.6 is 0 Å². The predicted molar refractivity (Wildman–Crippen MR) is 130 cm³/mol. The monoisotopic (exact) mass is 466 g/mol. The zero-order chi connectivity index (χ0) is 24.0. The van der Waals surface area contributed by atoms with Crippen LogP contribution in [0.5, 0.6) is 5.75 Å². The minimum atomic E-state index is -0.325. The fraction of sp³-hybridized carbons (Fsp3) is 0.536. The molecule has 2 aromatic carbocycles. The van der Waals surface area contributed by atoms with Crippen molar-refractivity contribution < 1.29 is 18.7 Å². The number of hydrogen-bond donors (Lipinski definition) is 1. The smallest absolute Gasteiger partial charge is 0.407 e. The van der Waals surface area contributed by atoms with Crippen molar-refractivity contribution in [1.29, 1.82) is 0 Å². The molecule has 0 radical (unpaired) electrons. The third kappa shape index (κ3) is 4.65. The lowest BCUT2D eigenvalue weighted by Gasteiger charge is -2.44. The summed E-state index contributed by atoms with van der Waals surface area (Å²) in [6.45, 7) is 11.3. The van der Waals surface area contributed by atoms with E-state index < -0.39 is 0 Å². The maximum Gasteiger partial charge on any atom is 0.407 e. The minimum Gasteiger partial charge on any atom is -0.491 e. The lowest BCUT2D eigenvalue weighted by atomic mass is 9.85. The minimum absolute atomic E-state index is 0.0101. The molecular formula is C28H35FN2O3. The third-order valence-electron chi connectivity index (χ3n) is 7.57. The molecular weight excluding hydrogens is 431 g/mol. The highest BCUT2D eigenvalue weighted by molar-refractivity contribution is 5.70. The van der Waals surface area contributed by atoms with Gasteiger partial charge >= 0.3 is 6.09 Å². The maximum atomic E-state index is 14.3. The van der Waals surface area contributed by atoms with Crippen LogP contribution in [0.4, 0.5) is 9.18 Å². The Balaban J connectivity index is 1.34.